The summed E-state index contributed by atoms with van der Waals surface area (Å²) in [6.45, 7) is 0.629. The number of aliphatic hydroxyl groups is 1. The number of hydrogen-bond acceptors (Lipinski definition) is 5. The number of β-amino-alcohol motifs (C(OH)–C–C–N with tert-alkyl or cyclic N) is 1. The standard InChI is InChI=1S/C13H20ClN3O3S/c1-16(2)7-10-6-11(18)8-17(10)21(19,20)13-4-3-9(15)5-12(13)14/h3-5,10-11,18H,6-8,15H2,1-2H3. The fourth-order valence-electron chi connectivity index (χ4n) is 2.60. The van der Waals surface area contributed by atoms with Gasteiger partial charge in [0.05, 0.1) is 11.1 Å². The number of likely N-dealkylation sites (N-methyl/N-ethyl adjacent to an activating group) is 1. The summed E-state index contributed by atoms with van der Waals surface area (Å²) in [5.74, 6) is 0. The Labute approximate surface area is 130 Å². The van der Waals surface area contributed by atoms with Gasteiger partial charge in [-0.05, 0) is 38.7 Å². The molecule has 0 aromatic heterocycles. The number of hydrogen-bond donors (Lipinski definition) is 2. The molecule has 21 heavy (non-hydrogen) atoms. The van der Waals surface area contributed by atoms with Crippen LogP contribution in [0.15, 0.2) is 23.1 Å². The monoisotopic (exact) mass is 333 g/mol. The first-order valence-corrected chi connectivity index (χ1v) is 8.43. The van der Waals surface area contributed by atoms with Crippen LogP contribution in [-0.4, -0.2) is 62.1 Å². The summed E-state index contributed by atoms with van der Waals surface area (Å²) in [5, 5.41) is 9.93. The minimum Gasteiger partial charge on any atom is -0.399 e. The van der Waals surface area contributed by atoms with Crippen LogP contribution < -0.4 is 5.73 Å². The quantitative estimate of drug-likeness (QED) is 0.788. The van der Waals surface area contributed by atoms with E-state index in [4.69, 9.17) is 17.3 Å². The minimum absolute atomic E-state index is 0.0243. The van der Waals surface area contributed by atoms with Crippen molar-refractivity contribution in [3.05, 3.63) is 23.2 Å². The molecule has 1 aromatic rings. The summed E-state index contributed by atoms with van der Waals surface area (Å²) in [6, 6.07) is 4.06. The maximum absolute atomic E-state index is 12.8. The van der Waals surface area contributed by atoms with Crippen LogP contribution in [0, 0.1) is 0 Å². The first-order valence-electron chi connectivity index (χ1n) is 6.61. The summed E-state index contributed by atoms with van der Waals surface area (Å²) < 4.78 is 26.9. The molecule has 2 unspecified atom stereocenters. The molecule has 1 saturated heterocycles. The van der Waals surface area contributed by atoms with Gasteiger partial charge in [0.1, 0.15) is 4.90 Å². The Kier molecular flexibility index (Phi) is 4.79. The second-order valence-corrected chi connectivity index (χ2v) is 7.84. The highest BCUT2D eigenvalue weighted by Crippen LogP contribution is 2.31. The molecule has 118 valence electrons. The topological polar surface area (TPSA) is 86.9 Å². The SMILES string of the molecule is CN(C)CC1CC(O)CN1S(=O)(=O)c1ccc(N)cc1Cl. The smallest absolute Gasteiger partial charge is 0.244 e. The second kappa shape index (κ2) is 6.10. The van der Waals surface area contributed by atoms with Crippen LogP contribution in [0.1, 0.15) is 6.42 Å². The maximum Gasteiger partial charge on any atom is 0.244 e. The number of nitrogens with zero attached hydrogens (tertiary/aromatic N) is 2. The Morgan fingerprint density at radius 3 is 2.71 bits per heavy atom. The summed E-state index contributed by atoms with van der Waals surface area (Å²) in [5.41, 5.74) is 6.01. The fraction of sp³-hybridized carbons (Fsp3) is 0.538. The highest BCUT2D eigenvalue weighted by molar-refractivity contribution is 7.89. The van der Waals surface area contributed by atoms with E-state index >= 15 is 0 Å². The van der Waals surface area contributed by atoms with Crippen LogP contribution in [-0.2, 0) is 10.0 Å². The second-order valence-electron chi connectivity index (χ2n) is 5.57. The van der Waals surface area contributed by atoms with Crippen molar-refractivity contribution in [1.82, 2.24) is 9.21 Å². The summed E-state index contributed by atoms with van der Waals surface area (Å²) in [6.07, 6.45) is -0.235. The Morgan fingerprint density at radius 1 is 1.48 bits per heavy atom. The van der Waals surface area contributed by atoms with Gasteiger partial charge in [0.15, 0.2) is 0 Å². The molecule has 0 amide bonds. The maximum atomic E-state index is 12.8. The fourth-order valence-corrected chi connectivity index (χ4v) is 4.79. The van der Waals surface area contributed by atoms with Gasteiger partial charge < -0.3 is 15.7 Å². The molecule has 1 aliphatic rings. The Hall–Kier alpha value is -0.860. The third-order valence-electron chi connectivity index (χ3n) is 3.46. The Balaban J connectivity index is 2.37. The number of sulfonamides is 1. The molecule has 1 aliphatic heterocycles. The normalized spacial score (nSPS) is 23.9. The molecule has 1 heterocycles. The van der Waals surface area contributed by atoms with Gasteiger partial charge in [-0.2, -0.15) is 4.31 Å². The van der Waals surface area contributed by atoms with Crippen molar-refractivity contribution in [3.63, 3.8) is 0 Å². The third-order valence-corrected chi connectivity index (χ3v) is 5.86. The lowest BCUT2D eigenvalue weighted by molar-refractivity contribution is 0.188. The van der Waals surface area contributed by atoms with Gasteiger partial charge in [-0.3, -0.25) is 0 Å². The third kappa shape index (κ3) is 3.49. The molecule has 0 bridgehead atoms. The molecule has 0 radical (unpaired) electrons. The van der Waals surface area contributed by atoms with E-state index in [0.29, 0.717) is 18.7 Å². The van der Waals surface area contributed by atoms with Crippen LogP contribution in [0.2, 0.25) is 5.02 Å². The lowest BCUT2D eigenvalue weighted by atomic mass is 10.2. The van der Waals surface area contributed by atoms with Gasteiger partial charge in [0.25, 0.3) is 0 Å². The molecular formula is C13H20ClN3O3S. The highest BCUT2D eigenvalue weighted by atomic mass is 35.5. The molecule has 1 aromatic carbocycles. The zero-order valence-corrected chi connectivity index (χ0v) is 13.6. The van der Waals surface area contributed by atoms with E-state index in [-0.39, 0.29) is 22.5 Å². The van der Waals surface area contributed by atoms with Crippen molar-refractivity contribution < 1.29 is 13.5 Å². The molecule has 2 rings (SSSR count). The van der Waals surface area contributed by atoms with Crippen LogP contribution in [0.25, 0.3) is 0 Å². The van der Waals surface area contributed by atoms with Crippen molar-refractivity contribution in [2.75, 3.05) is 32.9 Å². The van der Waals surface area contributed by atoms with Crippen molar-refractivity contribution >= 4 is 27.3 Å². The van der Waals surface area contributed by atoms with Crippen LogP contribution in [0.3, 0.4) is 0 Å². The first-order chi connectivity index (χ1) is 9.71. The van der Waals surface area contributed by atoms with Gasteiger partial charge >= 0.3 is 0 Å². The predicted octanol–water partition coefficient (Wildman–Crippen LogP) is 0.608. The van der Waals surface area contributed by atoms with Crippen LogP contribution in [0.5, 0.6) is 0 Å². The molecule has 0 spiro atoms. The van der Waals surface area contributed by atoms with Crippen LogP contribution in [0.4, 0.5) is 5.69 Å². The van der Waals surface area contributed by atoms with Crippen molar-refractivity contribution in [3.8, 4) is 0 Å². The van der Waals surface area contributed by atoms with Gasteiger partial charge in [-0.1, -0.05) is 11.6 Å². The van der Waals surface area contributed by atoms with E-state index in [1.54, 1.807) is 0 Å². The van der Waals surface area contributed by atoms with E-state index < -0.39 is 16.1 Å². The number of halogens is 1. The zero-order valence-electron chi connectivity index (χ0n) is 12.0. The van der Waals surface area contributed by atoms with E-state index in [2.05, 4.69) is 0 Å². The van der Waals surface area contributed by atoms with E-state index in [0.717, 1.165) is 0 Å². The van der Waals surface area contributed by atoms with E-state index in [1.165, 1.54) is 22.5 Å². The Bertz CT molecular complexity index is 621. The molecule has 2 atom stereocenters. The number of aliphatic hydroxyl groups excluding tert-OH is 1. The number of benzene rings is 1. The zero-order chi connectivity index (χ0) is 15.8. The lowest BCUT2D eigenvalue weighted by Gasteiger charge is -2.26. The van der Waals surface area contributed by atoms with Crippen molar-refractivity contribution in [1.29, 1.82) is 0 Å². The molecule has 1 fully saturated rings. The number of rotatable bonds is 4. The summed E-state index contributed by atoms with van der Waals surface area (Å²) in [7, 11) is -0.0212. The van der Waals surface area contributed by atoms with Crippen molar-refractivity contribution in [2.24, 2.45) is 0 Å². The van der Waals surface area contributed by atoms with E-state index in [1.807, 2.05) is 19.0 Å². The number of nitrogens with two attached hydrogens (primary N) is 1. The molecule has 3 N–H and O–H groups in total. The number of nitrogen functional groups attached to an aromatic ring is 1. The van der Waals surface area contributed by atoms with Gasteiger partial charge in [0.2, 0.25) is 10.0 Å². The van der Waals surface area contributed by atoms with Crippen molar-refractivity contribution in [2.45, 2.75) is 23.5 Å². The van der Waals surface area contributed by atoms with Crippen LogP contribution >= 0.6 is 11.6 Å². The highest BCUT2D eigenvalue weighted by Gasteiger charge is 2.40. The molecule has 8 heteroatoms. The lowest BCUT2D eigenvalue weighted by Crippen LogP contribution is -2.41. The molecule has 6 nitrogen and oxygen atoms in total. The average molecular weight is 334 g/mol. The minimum atomic E-state index is -3.75. The van der Waals surface area contributed by atoms with Gasteiger partial charge in [-0.25, -0.2) is 8.42 Å². The largest absolute Gasteiger partial charge is 0.399 e. The molecular weight excluding hydrogens is 314 g/mol. The molecule has 0 aliphatic carbocycles. The number of anilines is 1. The van der Waals surface area contributed by atoms with Gasteiger partial charge in [0, 0.05) is 24.8 Å². The summed E-state index contributed by atoms with van der Waals surface area (Å²) in [4.78, 5) is 1.92. The first kappa shape index (κ1) is 16.5. The Morgan fingerprint density at radius 2 is 2.14 bits per heavy atom. The predicted molar refractivity (Wildman–Crippen MR) is 82.7 cm³/mol. The summed E-state index contributed by atoms with van der Waals surface area (Å²) >= 11 is 6.02. The van der Waals surface area contributed by atoms with E-state index in [9.17, 15) is 13.5 Å². The average Bonchev–Trinajstić information content (AvgIpc) is 2.69. The van der Waals surface area contributed by atoms with Gasteiger partial charge in [-0.15, -0.1) is 0 Å². The molecule has 0 saturated carbocycles.